The highest BCUT2D eigenvalue weighted by atomic mass is 32.2. The first-order chi connectivity index (χ1) is 7.53. The van der Waals surface area contributed by atoms with E-state index in [0.717, 1.165) is 12.6 Å². The molecule has 1 saturated heterocycles. The van der Waals surface area contributed by atoms with Gasteiger partial charge in [-0.05, 0) is 27.2 Å². The third kappa shape index (κ3) is 5.55. The standard InChI is InChI=1S/C13H28N2S/c1-5-6-12(11-14-13(2,3)4)15-7-9-16-10-8-15/h12,14H,5-11H2,1-4H3. The van der Waals surface area contributed by atoms with E-state index in [-0.39, 0.29) is 5.54 Å². The number of hydrogen-bond donors (Lipinski definition) is 1. The highest BCUT2D eigenvalue weighted by molar-refractivity contribution is 7.99. The maximum atomic E-state index is 3.66. The van der Waals surface area contributed by atoms with Gasteiger partial charge in [0.2, 0.25) is 0 Å². The fourth-order valence-corrected chi connectivity index (χ4v) is 3.04. The van der Waals surface area contributed by atoms with Crippen LogP contribution in [0, 0.1) is 0 Å². The maximum Gasteiger partial charge on any atom is 0.0221 e. The van der Waals surface area contributed by atoms with Crippen LogP contribution in [0.1, 0.15) is 40.5 Å². The molecule has 0 amide bonds. The molecule has 3 heteroatoms. The highest BCUT2D eigenvalue weighted by Crippen LogP contribution is 2.15. The minimum Gasteiger partial charge on any atom is -0.311 e. The minimum atomic E-state index is 0.247. The Labute approximate surface area is 106 Å². The molecule has 1 fully saturated rings. The predicted octanol–water partition coefficient (Wildman–Crippen LogP) is 2.59. The quantitative estimate of drug-likeness (QED) is 0.800. The second-order valence-electron chi connectivity index (χ2n) is 5.72. The zero-order valence-corrected chi connectivity index (χ0v) is 12.2. The number of hydrogen-bond acceptors (Lipinski definition) is 3. The molecule has 16 heavy (non-hydrogen) atoms. The molecule has 1 atom stereocenters. The van der Waals surface area contributed by atoms with Crippen molar-refractivity contribution in [3.05, 3.63) is 0 Å². The van der Waals surface area contributed by atoms with Crippen LogP contribution in [0.5, 0.6) is 0 Å². The summed E-state index contributed by atoms with van der Waals surface area (Å²) in [6.07, 6.45) is 2.62. The molecule has 0 saturated carbocycles. The molecule has 0 aromatic carbocycles. The Balaban J connectivity index is 2.39. The van der Waals surface area contributed by atoms with Crippen molar-refractivity contribution < 1.29 is 0 Å². The highest BCUT2D eigenvalue weighted by Gasteiger charge is 2.21. The normalized spacial score (nSPS) is 21.0. The first kappa shape index (κ1) is 14.3. The van der Waals surface area contributed by atoms with E-state index in [4.69, 9.17) is 0 Å². The van der Waals surface area contributed by atoms with Gasteiger partial charge in [0.05, 0.1) is 0 Å². The van der Waals surface area contributed by atoms with Crippen molar-refractivity contribution in [2.45, 2.75) is 52.1 Å². The van der Waals surface area contributed by atoms with Gasteiger partial charge in [-0.25, -0.2) is 0 Å². The lowest BCUT2D eigenvalue weighted by molar-refractivity contribution is 0.188. The van der Waals surface area contributed by atoms with Crippen molar-refractivity contribution in [3.63, 3.8) is 0 Å². The van der Waals surface area contributed by atoms with Gasteiger partial charge in [-0.3, -0.25) is 4.90 Å². The molecule has 0 aromatic rings. The van der Waals surface area contributed by atoms with Crippen LogP contribution >= 0.6 is 11.8 Å². The molecule has 0 radical (unpaired) electrons. The molecule has 2 nitrogen and oxygen atoms in total. The van der Waals surface area contributed by atoms with Gasteiger partial charge in [0, 0.05) is 42.7 Å². The van der Waals surface area contributed by atoms with Gasteiger partial charge in [-0.2, -0.15) is 11.8 Å². The molecule has 1 aliphatic rings. The third-order valence-electron chi connectivity index (χ3n) is 3.05. The van der Waals surface area contributed by atoms with Gasteiger partial charge in [-0.1, -0.05) is 13.3 Å². The van der Waals surface area contributed by atoms with E-state index < -0.39 is 0 Å². The summed E-state index contributed by atoms with van der Waals surface area (Å²) in [5.41, 5.74) is 0.247. The minimum absolute atomic E-state index is 0.247. The summed E-state index contributed by atoms with van der Waals surface area (Å²) in [7, 11) is 0. The van der Waals surface area contributed by atoms with Crippen LogP contribution in [0.25, 0.3) is 0 Å². The van der Waals surface area contributed by atoms with Gasteiger partial charge >= 0.3 is 0 Å². The van der Waals surface area contributed by atoms with Gasteiger partial charge < -0.3 is 5.32 Å². The lowest BCUT2D eigenvalue weighted by Crippen LogP contribution is -2.49. The topological polar surface area (TPSA) is 15.3 Å². The molecule has 1 heterocycles. The van der Waals surface area contributed by atoms with Crippen molar-refractivity contribution in [2.24, 2.45) is 0 Å². The van der Waals surface area contributed by atoms with Crippen LogP contribution < -0.4 is 5.32 Å². The molecule has 1 unspecified atom stereocenters. The van der Waals surface area contributed by atoms with Gasteiger partial charge in [0.15, 0.2) is 0 Å². The van der Waals surface area contributed by atoms with Gasteiger partial charge in [0.1, 0.15) is 0 Å². The second-order valence-corrected chi connectivity index (χ2v) is 6.95. The first-order valence-electron chi connectivity index (χ1n) is 6.60. The van der Waals surface area contributed by atoms with Gasteiger partial charge in [-0.15, -0.1) is 0 Å². The Hall–Kier alpha value is 0.270. The number of nitrogens with zero attached hydrogens (tertiary/aromatic N) is 1. The molecule has 1 N–H and O–H groups in total. The molecule has 96 valence electrons. The Bertz CT molecular complexity index is 183. The Morgan fingerprint density at radius 1 is 1.25 bits per heavy atom. The van der Waals surface area contributed by atoms with E-state index in [1.165, 1.54) is 37.4 Å². The molecule has 1 aliphatic heterocycles. The summed E-state index contributed by atoms with van der Waals surface area (Å²) in [6, 6.07) is 0.741. The molecule has 1 rings (SSSR count). The number of thioether (sulfide) groups is 1. The van der Waals surface area contributed by atoms with Crippen molar-refractivity contribution in [3.8, 4) is 0 Å². The molecule has 0 aliphatic carbocycles. The average molecular weight is 244 g/mol. The molecular formula is C13H28N2S. The van der Waals surface area contributed by atoms with Crippen LogP contribution in [0.15, 0.2) is 0 Å². The fraction of sp³-hybridized carbons (Fsp3) is 1.00. The first-order valence-corrected chi connectivity index (χ1v) is 7.75. The Kier molecular flexibility index (Phi) is 6.16. The summed E-state index contributed by atoms with van der Waals surface area (Å²) in [5, 5.41) is 3.66. The van der Waals surface area contributed by atoms with E-state index >= 15 is 0 Å². The number of rotatable bonds is 5. The van der Waals surface area contributed by atoms with Gasteiger partial charge in [0.25, 0.3) is 0 Å². The maximum absolute atomic E-state index is 3.66. The molecule has 0 aromatic heterocycles. The smallest absolute Gasteiger partial charge is 0.0221 e. The molecular weight excluding hydrogens is 216 g/mol. The predicted molar refractivity (Wildman–Crippen MR) is 75.3 cm³/mol. The average Bonchev–Trinajstić information content (AvgIpc) is 2.24. The van der Waals surface area contributed by atoms with Crippen molar-refractivity contribution in [1.82, 2.24) is 10.2 Å². The SMILES string of the molecule is CCCC(CNC(C)(C)C)N1CCSCC1. The fourth-order valence-electron chi connectivity index (χ4n) is 2.11. The van der Waals surface area contributed by atoms with Crippen molar-refractivity contribution in [1.29, 1.82) is 0 Å². The summed E-state index contributed by atoms with van der Waals surface area (Å²) >= 11 is 2.10. The van der Waals surface area contributed by atoms with E-state index in [1.807, 2.05) is 0 Å². The van der Waals surface area contributed by atoms with Crippen LogP contribution in [0.3, 0.4) is 0 Å². The lowest BCUT2D eigenvalue weighted by atomic mass is 10.1. The molecule has 0 bridgehead atoms. The summed E-state index contributed by atoms with van der Waals surface area (Å²) in [4.78, 5) is 2.68. The van der Waals surface area contributed by atoms with E-state index in [0.29, 0.717) is 0 Å². The zero-order valence-electron chi connectivity index (χ0n) is 11.4. The monoisotopic (exact) mass is 244 g/mol. The lowest BCUT2D eigenvalue weighted by Gasteiger charge is -2.36. The third-order valence-corrected chi connectivity index (χ3v) is 3.99. The van der Waals surface area contributed by atoms with E-state index in [9.17, 15) is 0 Å². The second kappa shape index (κ2) is 6.87. The van der Waals surface area contributed by atoms with Crippen LogP contribution in [-0.4, -0.2) is 47.6 Å². The zero-order chi connectivity index (χ0) is 12.0. The summed E-state index contributed by atoms with van der Waals surface area (Å²) in [6.45, 7) is 12.7. The Morgan fingerprint density at radius 3 is 2.38 bits per heavy atom. The van der Waals surface area contributed by atoms with Crippen LogP contribution in [-0.2, 0) is 0 Å². The van der Waals surface area contributed by atoms with Crippen molar-refractivity contribution >= 4 is 11.8 Å². The van der Waals surface area contributed by atoms with Crippen LogP contribution in [0.2, 0.25) is 0 Å². The number of nitrogens with one attached hydrogen (secondary N) is 1. The molecule has 0 spiro atoms. The summed E-state index contributed by atoms with van der Waals surface area (Å²) < 4.78 is 0. The Morgan fingerprint density at radius 2 is 1.88 bits per heavy atom. The van der Waals surface area contributed by atoms with E-state index in [2.05, 4.69) is 49.7 Å². The summed E-state index contributed by atoms with van der Waals surface area (Å²) in [5.74, 6) is 2.63. The van der Waals surface area contributed by atoms with E-state index in [1.54, 1.807) is 0 Å². The largest absolute Gasteiger partial charge is 0.311 e. The van der Waals surface area contributed by atoms with Crippen molar-refractivity contribution in [2.75, 3.05) is 31.1 Å². The van der Waals surface area contributed by atoms with Crippen LogP contribution in [0.4, 0.5) is 0 Å².